The summed E-state index contributed by atoms with van der Waals surface area (Å²) in [5.74, 6) is -0.607. The summed E-state index contributed by atoms with van der Waals surface area (Å²) in [6.07, 6.45) is 5.07. The van der Waals surface area contributed by atoms with E-state index >= 15 is 0 Å². The van der Waals surface area contributed by atoms with E-state index in [0.717, 1.165) is 37.3 Å². The highest BCUT2D eigenvalue weighted by molar-refractivity contribution is 7.88. The fraction of sp³-hybridized carbons (Fsp3) is 0.667. The Morgan fingerprint density at radius 1 is 1.10 bits per heavy atom. The molecule has 9 heteroatoms. The average molecular weight is 465 g/mol. The van der Waals surface area contributed by atoms with Crippen LogP contribution in [0.2, 0.25) is 5.02 Å². The van der Waals surface area contributed by atoms with Gasteiger partial charge in [-0.05, 0) is 66.5 Å². The van der Waals surface area contributed by atoms with E-state index in [4.69, 9.17) is 11.6 Å². The van der Waals surface area contributed by atoms with E-state index in [9.17, 15) is 26.4 Å². The molecule has 0 aromatic heterocycles. The zero-order valence-electron chi connectivity index (χ0n) is 17.0. The highest BCUT2D eigenvalue weighted by atomic mass is 35.5. The second kappa shape index (κ2) is 6.37. The van der Waals surface area contributed by atoms with Crippen LogP contribution < -0.4 is 4.18 Å². The first kappa shape index (κ1) is 21.9. The van der Waals surface area contributed by atoms with Crippen molar-refractivity contribution in [3.63, 3.8) is 0 Å². The number of halogens is 4. The number of hydrogen-bond acceptors (Lipinski definition) is 4. The Bertz CT molecular complexity index is 1030. The molecule has 0 heterocycles. The number of Topliss-reactive ketones (excluding diaryl/α,β-unsaturated/α-hetero) is 1. The Labute approximate surface area is 179 Å². The van der Waals surface area contributed by atoms with Crippen LogP contribution in [0.5, 0.6) is 5.75 Å². The summed E-state index contributed by atoms with van der Waals surface area (Å²) in [4.78, 5) is 13.5. The summed E-state index contributed by atoms with van der Waals surface area (Å²) in [6, 6.07) is 2.58. The lowest BCUT2D eigenvalue weighted by atomic mass is 9.47. The maximum absolute atomic E-state index is 13.5. The van der Waals surface area contributed by atoms with E-state index in [-0.39, 0.29) is 33.1 Å². The van der Waals surface area contributed by atoms with Crippen molar-refractivity contribution >= 4 is 27.5 Å². The number of carbonyl (C=O) groups is 1. The first-order valence-corrected chi connectivity index (χ1v) is 11.8. The van der Waals surface area contributed by atoms with Gasteiger partial charge in [0, 0.05) is 11.0 Å². The first-order chi connectivity index (χ1) is 13.6. The third-order valence-electron chi connectivity index (χ3n) is 7.72. The topological polar surface area (TPSA) is 60.4 Å². The quantitative estimate of drug-likeness (QED) is 0.396. The standard InChI is InChI=1S/C21H24ClF3O4S/c1-18(2)5-4-6-20-8-7-19(3,11-16(18)20)17(26)12-9-15(14(22)10-13(12)20)29-30(27,28)21(23,24)25/h9-10,16H,4-8,11H2,1-3H3. The fourth-order valence-electron chi connectivity index (χ4n) is 6.15. The van der Waals surface area contributed by atoms with Crippen molar-refractivity contribution in [3.05, 3.63) is 28.3 Å². The van der Waals surface area contributed by atoms with E-state index < -0.39 is 26.8 Å². The Kier molecular flexibility index (Phi) is 4.66. The normalized spacial score (nSPS) is 32.9. The van der Waals surface area contributed by atoms with Gasteiger partial charge in [0.05, 0.1) is 5.02 Å². The number of benzene rings is 1. The first-order valence-electron chi connectivity index (χ1n) is 10.0. The summed E-state index contributed by atoms with van der Waals surface area (Å²) in [5.41, 5.74) is -5.56. The lowest BCUT2D eigenvalue weighted by Crippen LogP contribution is -2.51. The number of hydrogen-bond donors (Lipinski definition) is 0. The van der Waals surface area contributed by atoms with Gasteiger partial charge in [0.15, 0.2) is 11.5 Å². The molecule has 166 valence electrons. The van der Waals surface area contributed by atoms with Gasteiger partial charge in [-0.2, -0.15) is 21.6 Å². The molecule has 0 aliphatic heterocycles. The summed E-state index contributed by atoms with van der Waals surface area (Å²) >= 11 is 6.22. The zero-order valence-corrected chi connectivity index (χ0v) is 18.6. The van der Waals surface area contributed by atoms with Gasteiger partial charge in [0.25, 0.3) is 0 Å². The lowest BCUT2D eigenvalue weighted by molar-refractivity contribution is -0.0500. The molecule has 2 saturated carbocycles. The molecule has 1 aromatic carbocycles. The Morgan fingerprint density at radius 3 is 2.40 bits per heavy atom. The minimum absolute atomic E-state index is 0.00307. The van der Waals surface area contributed by atoms with Crippen molar-refractivity contribution in [1.29, 1.82) is 0 Å². The fourth-order valence-corrected chi connectivity index (χ4v) is 6.87. The minimum Gasteiger partial charge on any atom is -0.374 e. The minimum atomic E-state index is -5.89. The van der Waals surface area contributed by atoms with Crippen molar-refractivity contribution in [2.45, 2.75) is 70.2 Å². The van der Waals surface area contributed by atoms with Gasteiger partial charge in [-0.3, -0.25) is 4.79 Å². The van der Waals surface area contributed by atoms with Crippen molar-refractivity contribution in [2.75, 3.05) is 0 Å². The van der Waals surface area contributed by atoms with Gasteiger partial charge in [-0.15, -0.1) is 0 Å². The van der Waals surface area contributed by atoms with Gasteiger partial charge in [0.1, 0.15) is 0 Å². The summed E-state index contributed by atoms with van der Waals surface area (Å²) in [7, 11) is -5.89. The number of alkyl halides is 3. The van der Waals surface area contributed by atoms with Crippen molar-refractivity contribution in [2.24, 2.45) is 16.7 Å². The van der Waals surface area contributed by atoms with Crippen LogP contribution in [0.1, 0.15) is 75.2 Å². The third-order valence-corrected chi connectivity index (χ3v) is 8.98. The summed E-state index contributed by atoms with van der Waals surface area (Å²) in [6.45, 7) is 6.32. The Balaban J connectivity index is 1.92. The molecule has 4 nitrogen and oxygen atoms in total. The molecule has 3 unspecified atom stereocenters. The summed E-state index contributed by atoms with van der Waals surface area (Å²) in [5, 5.41) is -0.235. The second-order valence-electron chi connectivity index (χ2n) is 9.96. The molecule has 4 aliphatic rings. The van der Waals surface area contributed by atoms with Crippen molar-refractivity contribution in [1.82, 2.24) is 0 Å². The number of fused-ring (bicyclic) bond motifs is 1. The van der Waals surface area contributed by atoms with Crippen LogP contribution in [0.15, 0.2) is 12.1 Å². The molecule has 0 saturated heterocycles. The molecule has 0 amide bonds. The monoisotopic (exact) mass is 464 g/mol. The van der Waals surface area contributed by atoms with Gasteiger partial charge in [0.2, 0.25) is 0 Å². The van der Waals surface area contributed by atoms with Crippen LogP contribution in [0, 0.1) is 16.7 Å². The number of carbonyl (C=O) groups excluding carboxylic acids is 1. The zero-order chi connectivity index (χ0) is 22.3. The van der Waals surface area contributed by atoms with Crippen LogP contribution in [0.3, 0.4) is 0 Å². The van der Waals surface area contributed by atoms with Crippen molar-refractivity contribution < 1.29 is 30.6 Å². The maximum Gasteiger partial charge on any atom is 0.534 e. The number of rotatable bonds is 2. The molecule has 2 bridgehead atoms. The van der Waals surface area contributed by atoms with Crippen LogP contribution in [-0.4, -0.2) is 19.7 Å². The Hall–Kier alpha value is -1.28. The molecular formula is C21H24ClF3O4S. The van der Waals surface area contributed by atoms with Crippen LogP contribution in [0.4, 0.5) is 13.2 Å². The summed E-state index contributed by atoms with van der Waals surface area (Å²) < 4.78 is 65.8. The second-order valence-corrected chi connectivity index (χ2v) is 11.9. The molecule has 0 N–H and O–H groups in total. The lowest BCUT2D eigenvalue weighted by Gasteiger charge is -2.57. The Morgan fingerprint density at radius 2 is 1.77 bits per heavy atom. The van der Waals surface area contributed by atoms with Crippen molar-refractivity contribution in [3.8, 4) is 5.75 Å². The van der Waals surface area contributed by atoms with E-state index in [1.165, 1.54) is 6.07 Å². The molecule has 4 aliphatic carbocycles. The van der Waals surface area contributed by atoms with E-state index in [1.807, 2.05) is 6.92 Å². The smallest absolute Gasteiger partial charge is 0.374 e. The molecule has 3 atom stereocenters. The molecule has 1 aromatic rings. The molecule has 2 fully saturated rings. The van der Waals surface area contributed by atoms with Crippen LogP contribution in [0.25, 0.3) is 0 Å². The largest absolute Gasteiger partial charge is 0.534 e. The maximum atomic E-state index is 13.5. The highest BCUT2D eigenvalue weighted by Crippen LogP contribution is 2.65. The van der Waals surface area contributed by atoms with Crippen LogP contribution in [-0.2, 0) is 15.5 Å². The highest BCUT2D eigenvalue weighted by Gasteiger charge is 2.60. The predicted molar refractivity (Wildman–Crippen MR) is 106 cm³/mol. The molecule has 0 radical (unpaired) electrons. The average Bonchev–Trinajstić information content (AvgIpc) is 2.74. The molecule has 30 heavy (non-hydrogen) atoms. The van der Waals surface area contributed by atoms with E-state index in [0.29, 0.717) is 12.8 Å². The third kappa shape index (κ3) is 3.00. The van der Waals surface area contributed by atoms with Gasteiger partial charge >= 0.3 is 15.6 Å². The molecule has 5 rings (SSSR count). The van der Waals surface area contributed by atoms with Gasteiger partial charge in [-0.1, -0.05) is 38.8 Å². The van der Waals surface area contributed by atoms with E-state index in [1.54, 1.807) is 0 Å². The predicted octanol–water partition coefficient (Wildman–Crippen LogP) is 6.02. The molecular weight excluding hydrogens is 441 g/mol. The van der Waals surface area contributed by atoms with E-state index in [2.05, 4.69) is 18.0 Å². The number of ketones is 1. The van der Waals surface area contributed by atoms with Crippen LogP contribution >= 0.6 is 11.6 Å². The van der Waals surface area contributed by atoms with Gasteiger partial charge in [-0.25, -0.2) is 0 Å². The van der Waals surface area contributed by atoms with Gasteiger partial charge < -0.3 is 4.18 Å². The SMILES string of the molecule is CC12CCC3(CCCC(C)(C)C3C1)c1cc(Cl)c(OS(=O)(=O)C(F)(F)F)cc1C2=O. The molecule has 1 spiro atoms.